The molecule has 0 radical (unpaired) electrons. The van der Waals surface area contributed by atoms with Crippen LogP contribution in [0.4, 0.5) is 18.9 Å². The van der Waals surface area contributed by atoms with E-state index in [4.69, 9.17) is 4.74 Å². The van der Waals surface area contributed by atoms with Gasteiger partial charge in [0, 0.05) is 29.6 Å². The summed E-state index contributed by atoms with van der Waals surface area (Å²) in [6.45, 7) is 4.02. The Bertz CT molecular complexity index is 803. The average molecular weight is 441 g/mol. The van der Waals surface area contributed by atoms with Crippen molar-refractivity contribution in [2.45, 2.75) is 77.1 Å². The molecule has 0 aromatic heterocycles. The van der Waals surface area contributed by atoms with Crippen LogP contribution in [0.2, 0.25) is 0 Å². The van der Waals surface area contributed by atoms with Gasteiger partial charge in [-0.2, -0.15) is 13.2 Å². The van der Waals surface area contributed by atoms with Crippen LogP contribution in [0.25, 0.3) is 0 Å². The van der Waals surface area contributed by atoms with Gasteiger partial charge in [-0.15, -0.1) is 0 Å². The number of anilines is 1. The number of amides is 1. The van der Waals surface area contributed by atoms with E-state index < -0.39 is 17.8 Å². The van der Waals surface area contributed by atoms with Gasteiger partial charge in [0.1, 0.15) is 0 Å². The highest BCUT2D eigenvalue weighted by molar-refractivity contribution is 5.97. The number of halogens is 3. The fraction of sp³-hybridized carbons (Fsp3) is 0.652. The molecule has 1 aliphatic heterocycles. The quantitative estimate of drug-likeness (QED) is 0.652. The van der Waals surface area contributed by atoms with Gasteiger partial charge in [0.15, 0.2) is 0 Å². The molecule has 2 aliphatic rings. The van der Waals surface area contributed by atoms with Crippen molar-refractivity contribution in [3.05, 3.63) is 29.3 Å². The Morgan fingerprint density at radius 2 is 1.84 bits per heavy atom. The van der Waals surface area contributed by atoms with Crippen molar-refractivity contribution >= 4 is 17.6 Å². The van der Waals surface area contributed by atoms with Crippen molar-refractivity contribution in [1.82, 2.24) is 0 Å². The fourth-order valence-electron chi connectivity index (χ4n) is 4.82. The Hall–Kier alpha value is -2.09. The first-order valence-corrected chi connectivity index (χ1v) is 11.0. The summed E-state index contributed by atoms with van der Waals surface area (Å²) in [5.41, 5.74) is -0.298. The number of aliphatic hydroxyl groups excluding tert-OH is 1. The van der Waals surface area contributed by atoms with E-state index in [1.54, 1.807) is 11.8 Å². The first kappa shape index (κ1) is 23.6. The number of ether oxygens (including phenoxy) is 1. The first-order chi connectivity index (χ1) is 14.7. The second kappa shape index (κ2) is 9.59. The molecule has 3 rings (SSSR count). The second-order valence-corrected chi connectivity index (χ2v) is 8.52. The van der Waals surface area contributed by atoms with E-state index in [0.29, 0.717) is 38.0 Å². The molecule has 1 heterocycles. The molecule has 31 heavy (non-hydrogen) atoms. The number of esters is 1. The molecule has 1 fully saturated rings. The monoisotopic (exact) mass is 441 g/mol. The summed E-state index contributed by atoms with van der Waals surface area (Å²) in [5.74, 6) is -0.371. The number of aliphatic hydroxyl groups is 1. The summed E-state index contributed by atoms with van der Waals surface area (Å²) < 4.78 is 44.5. The molecule has 1 saturated carbocycles. The highest BCUT2D eigenvalue weighted by atomic mass is 19.4. The van der Waals surface area contributed by atoms with Crippen LogP contribution >= 0.6 is 0 Å². The third-order valence-corrected chi connectivity index (χ3v) is 6.50. The lowest BCUT2D eigenvalue weighted by Crippen LogP contribution is -2.48. The van der Waals surface area contributed by atoms with Gasteiger partial charge in [-0.05, 0) is 69.6 Å². The zero-order valence-corrected chi connectivity index (χ0v) is 18.0. The number of rotatable bonds is 5. The SMILES string of the molecule is CCOC(=O)CC1CCC(C(=O)N2c3ccc(C(F)(F)F)cc3C(O)C[C@H]2CC)CC1. The average Bonchev–Trinajstić information content (AvgIpc) is 2.73. The zero-order valence-electron chi connectivity index (χ0n) is 18.0. The Kier molecular flexibility index (Phi) is 7.29. The minimum Gasteiger partial charge on any atom is -0.466 e. The number of carbonyl (C=O) groups excluding carboxylic acids is 2. The highest BCUT2D eigenvalue weighted by Gasteiger charge is 2.40. The number of carbonyl (C=O) groups is 2. The summed E-state index contributed by atoms with van der Waals surface area (Å²) in [7, 11) is 0. The van der Waals surface area contributed by atoms with Gasteiger partial charge < -0.3 is 14.7 Å². The number of hydrogen-bond donors (Lipinski definition) is 1. The van der Waals surface area contributed by atoms with Gasteiger partial charge >= 0.3 is 12.1 Å². The largest absolute Gasteiger partial charge is 0.466 e. The molecular weight excluding hydrogens is 411 g/mol. The maximum Gasteiger partial charge on any atom is 0.416 e. The van der Waals surface area contributed by atoms with E-state index in [9.17, 15) is 27.9 Å². The van der Waals surface area contributed by atoms with Crippen LogP contribution in [0.5, 0.6) is 0 Å². The molecule has 0 spiro atoms. The normalized spacial score (nSPS) is 26.3. The van der Waals surface area contributed by atoms with Crippen molar-refractivity contribution in [2.24, 2.45) is 11.8 Å². The minimum absolute atomic E-state index is 0.102. The molecule has 1 aliphatic carbocycles. The Morgan fingerprint density at radius 1 is 1.16 bits per heavy atom. The summed E-state index contributed by atoms with van der Waals surface area (Å²) in [5, 5.41) is 10.5. The maximum atomic E-state index is 13.4. The van der Waals surface area contributed by atoms with Crippen molar-refractivity contribution in [2.75, 3.05) is 11.5 Å². The van der Waals surface area contributed by atoms with Crippen LogP contribution in [0, 0.1) is 11.8 Å². The molecule has 1 aromatic carbocycles. The molecule has 0 saturated heterocycles. The first-order valence-electron chi connectivity index (χ1n) is 11.0. The van der Waals surface area contributed by atoms with E-state index in [-0.39, 0.29) is 41.7 Å². The van der Waals surface area contributed by atoms with Gasteiger partial charge in [0.2, 0.25) is 5.91 Å². The maximum absolute atomic E-state index is 13.4. The summed E-state index contributed by atoms with van der Waals surface area (Å²) in [6.07, 6.45) is -1.64. The molecule has 0 bridgehead atoms. The Balaban J connectivity index is 1.77. The van der Waals surface area contributed by atoms with Gasteiger partial charge in [-0.25, -0.2) is 0 Å². The van der Waals surface area contributed by atoms with E-state index >= 15 is 0 Å². The van der Waals surface area contributed by atoms with E-state index in [1.165, 1.54) is 6.07 Å². The predicted octanol–water partition coefficient (Wildman–Crippen LogP) is 5.01. The van der Waals surface area contributed by atoms with Gasteiger partial charge in [0.05, 0.1) is 18.3 Å². The van der Waals surface area contributed by atoms with Crippen LogP contribution in [0.1, 0.15) is 76.0 Å². The van der Waals surface area contributed by atoms with E-state index in [0.717, 1.165) is 25.0 Å². The lowest BCUT2D eigenvalue weighted by Gasteiger charge is -2.42. The lowest BCUT2D eigenvalue weighted by molar-refractivity contribution is -0.144. The van der Waals surface area contributed by atoms with Gasteiger partial charge in [-0.1, -0.05) is 6.92 Å². The minimum atomic E-state index is -4.51. The molecule has 1 unspecified atom stereocenters. The molecule has 172 valence electrons. The van der Waals surface area contributed by atoms with Crippen molar-refractivity contribution < 1.29 is 32.6 Å². The number of nitrogens with zero attached hydrogens (tertiary/aromatic N) is 1. The third-order valence-electron chi connectivity index (χ3n) is 6.50. The fourth-order valence-corrected chi connectivity index (χ4v) is 4.82. The third kappa shape index (κ3) is 5.22. The van der Waals surface area contributed by atoms with E-state index in [2.05, 4.69) is 0 Å². The predicted molar refractivity (Wildman–Crippen MR) is 109 cm³/mol. The molecule has 1 amide bonds. The number of fused-ring (bicyclic) bond motifs is 1. The Labute approximate surface area is 180 Å². The Morgan fingerprint density at radius 3 is 2.42 bits per heavy atom. The van der Waals surface area contributed by atoms with Crippen LogP contribution in [-0.4, -0.2) is 29.6 Å². The molecule has 1 N–H and O–H groups in total. The molecule has 8 heteroatoms. The lowest BCUT2D eigenvalue weighted by atomic mass is 9.79. The standard InChI is InChI=1S/C23H30F3NO4/c1-3-17-13-20(28)18-12-16(23(24,25)26)9-10-19(18)27(17)22(30)15-7-5-14(6-8-15)11-21(29)31-4-2/h9-10,12,14-15,17,20,28H,3-8,11,13H2,1-2H3/t14?,15?,17-,20?/m1/s1. The van der Waals surface area contributed by atoms with E-state index in [1.807, 2.05) is 6.92 Å². The molecular formula is C23H30F3NO4. The summed E-state index contributed by atoms with van der Waals surface area (Å²) in [6, 6.07) is 2.99. The molecule has 5 nitrogen and oxygen atoms in total. The summed E-state index contributed by atoms with van der Waals surface area (Å²) in [4.78, 5) is 26.8. The molecule has 2 atom stereocenters. The summed E-state index contributed by atoms with van der Waals surface area (Å²) >= 11 is 0. The van der Waals surface area contributed by atoms with Gasteiger partial charge in [-0.3, -0.25) is 9.59 Å². The van der Waals surface area contributed by atoms with Crippen molar-refractivity contribution in [1.29, 1.82) is 0 Å². The highest BCUT2D eigenvalue weighted by Crippen LogP contribution is 2.43. The van der Waals surface area contributed by atoms with Crippen LogP contribution in [0.15, 0.2) is 18.2 Å². The van der Waals surface area contributed by atoms with Crippen molar-refractivity contribution in [3.8, 4) is 0 Å². The number of alkyl halides is 3. The zero-order chi connectivity index (χ0) is 22.8. The van der Waals surface area contributed by atoms with Crippen LogP contribution in [0.3, 0.4) is 0 Å². The van der Waals surface area contributed by atoms with Crippen molar-refractivity contribution in [3.63, 3.8) is 0 Å². The smallest absolute Gasteiger partial charge is 0.416 e. The van der Waals surface area contributed by atoms with Crippen LogP contribution in [-0.2, 0) is 20.5 Å². The van der Waals surface area contributed by atoms with Gasteiger partial charge in [0.25, 0.3) is 0 Å². The topological polar surface area (TPSA) is 66.8 Å². The number of benzene rings is 1. The second-order valence-electron chi connectivity index (χ2n) is 8.52. The number of hydrogen-bond acceptors (Lipinski definition) is 4. The molecule has 1 aromatic rings. The van der Waals surface area contributed by atoms with Crippen LogP contribution < -0.4 is 4.90 Å².